The minimum absolute atomic E-state index is 0. The van der Waals surface area contributed by atoms with Crippen molar-refractivity contribution < 1.29 is 22.7 Å². The highest BCUT2D eigenvalue weighted by atomic mass is 35.5. The number of carbonyl (C=O) groups excluding carboxylic acids is 1. The van der Waals surface area contributed by atoms with Gasteiger partial charge in [-0.3, -0.25) is 4.79 Å². The highest BCUT2D eigenvalue weighted by Gasteiger charge is 2.29. The number of nitrogens with one attached hydrogen (secondary N) is 2. The number of benzene rings is 2. The number of amides is 1. The minimum Gasteiger partial charge on any atom is -0.489 e. The molecule has 0 radical (unpaired) electrons. The molecule has 29 heavy (non-hydrogen) atoms. The van der Waals surface area contributed by atoms with E-state index in [9.17, 15) is 18.0 Å². The van der Waals surface area contributed by atoms with Crippen LogP contribution in [0.15, 0.2) is 60.7 Å². The lowest BCUT2D eigenvalue weighted by molar-refractivity contribution is -0.137. The van der Waals surface area contributed by atoms with Crippen molar-refractivity contribution in [2.75, 3.05) is 6.54 Å². The Morgan fingerprint density at radius 3 is 2.52 bits per heavy atom. The summed E-state index contributed by atoms with van der Waals surface area (Å²) in [5, 5.41) is 6.02. The van der Waals surface area contributed by atoms with Gasteiger partial charge < -0.3 is 15.4 Å². The molecule has 0 unspecified atom stereocenters. The van der Waals surface area contributed by atoms with Crippen LogP contribution in [-0.4, -0.2) is 18.5 Å². The maximum atomic E-state index is 12.6. The maximum absolute atomic E-state index is 12.6. The third-order valence-corrected chi connectivity index (χ3v) is 4.39. The Bertz CT molecular complexity index is 839. The maximum Gasteiger partial charge on any atom is 0.416 e. The van der Waals surface area contributed by atoms with Gasteiger partial charge in [-0.15, -0.1) is 12.4 Å². The quantitative estimate of drug-likeness (QED) is 0.679. The summed E-state index contributed by atoms with van der Waals surface area (Å²) in [5.74, 6) is 0.533. The van der Waals surface area contributed by atoms with Crippen molar-refractivity contribution in [2.45, 2.75) is 31.8 Å². The second-order valence-electron chi connectivity index (χ2n) is 6.52. The third kappa shape index (κ3) is 6.80. The Hall–Kier alpha value is -2.51. The van der Waals surface area contributed by atoms with Crippen LogP contribution in [-0.2, 0) is 24.1 Å². The third-order valence-electron chi connectivity index (χ3n) is 4.39. The van der Waals surface area contributed by atoms with E-state index in [1.54, 1.807) is 12.1 Å². The van der Waals surface area contributed by atoms with Crippen LogP contribution < -0.4 is 15.4 Å². The number of hydrogen-bond donors (Lipinski definition) is 2. The number of halogens is 4. The van der Waals surface area contributed by atoms with Crippen molar-refractivity contribution in [3.05, 3.63) is 77.4 Å². The van der Waals surface area contributed by atoms with Crippen molar-refractivity contribution >= 4 is 18.3 Å². The van der Waals surface area contributed by atoms with Crippen LogP contribution in [0.2, 0.25) is 0 Å². The predicted octanol–water partition coefficient (Wildman–Crippen LogP) is 4.24. The fraction of sp³-hybridized carbons (Fsp3) is 0.286. The number of rotatable bonds is 6. The number of carbonyl (C=O) groups is 1. The molecule has 8 heteroatoms. The summed E-state index contributed by atoms with van der Waals surface area (Å²) in [4.78, 5) is 12.1. The molecule has 0 aliphatic carbocycles. The fourth-order valence-electron chi connectivity index (χ4n) is 2.82. The van der Waals surface area contributed by atoms with Gasteiger partial charge in [0.1, 0.15) is 12.4 Å². The molecule has 1 aliphatic heterocycles. The molecule has 0 aromatic heterocycles. The van der Waals surface area contributed by atoms with Gasteiger partial charge in [-0.05, 0) is 41.8 Å². The number of ether oxygens (including phenoxy) is 1. The van der Waals surface area contributed by atoms with Crippen molar-refractivity contribution in [3.8, 4) is 5.75 Å². The summed E-state index contributed by atoms with van der Waals surface area (Å²) < 4.78 is 43.4. The van der Waals surface area contributed by atoms with Crippen molar-refractivity contribution in [3.63, 3.8) is 0 Å². The second-order valence-corrected chi connectivity index (χ2v) is 6.52. The molecule has 0 fully saturated rings. The molecular weight excluding hydrogens is 405 g/mol. The molecule has 1 aliphatic rings. The zero-order valence-corrected chi connectivity index (χ0v) is 16.4. The first kappa shape index (κ1) is 22.8. The standard InChI is InChI=1S/C21H21F3N2O2.ClH/c22-21(23,24)17-9-7-15(8-10-17)14-28-18-5-3-4-16(12-18)13-26-20(27)19-6-1-2-11-25-19;/h1-5,7-10,12,19,25H,6,11,13-14H2,(H,26,27);1H/t19-;/m0./s1. The van der Waals surface area contributed by atoms with Gasteiger partial charge in [0.25, 0.3) is 0 Å². The van der Waals surface area contributed by atoms with Gasteiger partial charge in [-0.2, -0.15) is 13.2 Å². The van der Waals surface area contributed by atoms with Crippen LogP contribution in [0.25, 0.3) is 0 Å². The molecule has 2 aromatic carbocycles. The summed E-state index contributed by atoms with van der Waals surface area (Å²) in [6, 6.07) is 11.9. The summed E-state index contributed by atoms with van der Waals surface area (Å²) in [6.45, 7) is 1.22. The van der Waals surface area contributed by atoms with Crippen molar-refractivity contribution in [2.24, 2.45) is 0 Å². The fourth-order valence-corrected chi connectivity index (χ4v) is 2.82. The van der Waals surface area contributed by atoms with Crippen molar-refractivity contribution in [1.82, 2.24) is 10.6 Å². The van der Waals surface area contributed by atoms with E-state index in [0.29, 0.717) is 30.8 Å². The first-order valence-corrected chi connectivity index (χ1v) is 8.96. The average Bonchev–Trinajstić information content (AvgIpc) is 2.71. The van der Waals surface area contributed by atoms with Crippen LogP contribution in [0.5, 0.6) is 5.75 Å². The van der Waals surface area contributed by atoms with E-state index in [2.05, 4.69) is 10.6 Å². The molecule has 1 heterocycles. The smallest absolute Gasteiger partial charge is 0.416 e. The molecule has 0 bridgehead atoms. The molecule has 156 valence electrons. The highest BCUT2D eigenvalue weighted by molar-refractivity contribution is 5.85. The lowest BCUT2D eigenvalue weighted by Gasteiger charge is -2.19. The Kier molecular flexibility index (Phi) is 8.10. The molecule has 1 amide bonds. The molecule has 0 spiro atoms. The topological polar surface area (TPSA) is 50.4 Å². The molecule has 0 saturated carbocycles. The minimum atomic E-state index is -4.35. The van der Waals surface area contributed by atoms with Gasteiger partial charge in [0, 0.05) is 13.1 Å². The van der Waals surface area contributed by atoms with E-state index in [0.717, 1.165) is 17.7 Å². The molecule has 3 rings (SSSR count). The second kappa shape index (κ2) is 10.3. The van der Waals surface area contributed by atoms with Gasteiger partial charge >= 0.3 is 6.18 Å². The molecule has 4 nitrogen and oxygen atoms in total. The zero-order valence-electron chi connectivity index (χ0n) is 15.5. The van der Waals surface area contributed by atoms with E-state index < -0.39 is 11.7 Å². The first-order chi connectivity index (χ1) is 13.4. The normalized spacial score (nSPS) is 16.0. The monoisotopic (exact) mass is 426 g/mol. The largest absolute Gasteiger partial charge is 0.489 e. The molecule has 2 N–H and O–H groups in total. The Morgan fingerprint density at radius 1 is 1.10 bits per heavy atom. The van der Waals surface area contributed by atoms with Gasteiger partial charge in [0.2, 0.25) is 5.91 Å². The van der Waals surface area contributed by atoms with Crippen molar-refractivity contribution in [1.29, 1.82) is 0 Å². The summed E-state index contributed by atoms with van der Waals surface area (Å²) in [7, 11) is 0. The van der Waals surface area contributed by atoms with Crippen LogP contribution in [0.4, 0.5) is 13.2 Å². The number of alkyl halides is 3. The lowest BCUT2D eigenvalue weighted by atomic mass is 10.1. The van der Waals surface area contributed by atoms with Gasteiger partial charge in [-0.1, -0.05) is 36.4 Å². The zero-order chi connectivity index (χ0) is 20.0. The summed E-state index contributed by atoms with van der Waals surface area (Å²) in [5.41, 5.74) is 0.838. The van der Waals surface area contributed by atoms with Crippen LogP contribution in [0.1, 0.15) is 23.1 Å². The first-order valence-electron chi connectivity index (χ1n) is 8.96. The van der Waals surface area contributed by atoms with Gasteiger partial charge in [0.05, 0.1) is 11.6 Å². The van der Waals surface area contributed by atoms with Gasteiger partial charge in [-0.25, -0.2) is 0 Å². The van der Waals surface area contributed by atoms with Crippen LogP contribution in [0, 0.1) is 0 Å². The lowest BCUT2D eigenvalue weighted by Crippen LogP contribution is -2.45. The predicted molar refractivity (Wildman–Crippen MR) is 107 cm³/mol. The summed E-state index contributed by atoms with van der Waals surface area (Å²) >= 11 is 0. The Labute approximate surface area is 173 Å². The van der Waals surface area contributed by atoms with Crippen LogP contribution in [0.3, 0.4) is 0 Å². The molecule has 0 saturated heterocycles. The highest BCUT2D eigenvalue weighted by Crippen LogP contribution is 2.29. The Morgan fingerprint density at radius 2 is 1.86 bits per heavy atom. The average molecular weight is 427 g/mol. The van der Waals surface area contributed by atoms with E-state index >= 15 is 0 Å². The molecule has 2 aromatic rings. The van der Waals surface area contributed by atoms with E-state index in [1.165, 1.54) is 12.1 Å². The Balaban J connectivity index is 0.00000300. The summed E-state index contributed by atoms with van der Waals surface area (Å²) in [6.07, 6.45) is 0.293. The molecule has 1 atom stereocenters. The van der Waals surface area contributed by atoms with E-state index in [1.807, 2.05) is 24.3 Å². The van der Waals surface area contributed by atoms with E-state index in [-0.39, 0.29) is 31.0 Å². The van der Waals surface area contributed by atoms with Crippen LogP contribution >= 0.6 is 12.4 Å². The van der Waals surface area contributed by atoms with Gasteiger partial charge in [0.15, 0.2) is 0 Å². The van der Waals surface area contributed by atoms with E-state index in [4.69, 9.17) is 4.74 Å². The SMILES string of the molecule is Cl.O=C(NCc1cccc(OCc2ccc(C(F)(F)F)cc2)c1)[C@@H]1CC=CCN1. The molecular formula is C21H22ClF3N2O2. The number of hydrogen-bond acceptors (Lipinski definition) is 3.